The van der Waals surface area contributed by atoms with Crippen LogP contribution in [-0.2, 0) is 13.1 Å². The molecule has 2 aromatic rings. The average Bonchev–Trinajstić information content (AvgIpc) is 2.97. The molecular formula is C18H22NO4+. The second-order valence-corrected chi connectivity index (χ2v) is 5.72. The van der Waals surface area contributed by atoms with Gasteiger partial charge in [-0.15, -0.1) is 0 Å². The Labute approximate surface area is 136 Å². The summed E-state index contributed by atoms with van der Waals surface area (Å²) in [7, 11) is 2.10. The van der Waals surface area contributed by atoms with Gasteiger partial charge in [0.15, 0.2) is 11.5 Å². The van der Waals surface area contributed by atoms with E-state index in [9.17, 15) is 5.11 Å². The van der Waals surface area contributed by atoms with Gasteiger partial charge < -0.3 is 24.2 Å². The Morgan fingerprint density at radius 1 is 1.09 bits per heavy atom. The molecule has 5 heteroatoms. The minimum absolute atomic E-state index is 0.215. The van der Waals surface area contributed by atoms with Gasteiger partial charge in [-0.2, -0.15) is 0 Å². The van der Waals surface area contributed by atoms with Crippen LogP contribution in [0.4, 0.5) is 0 Å². The Morgan fingerprint density at radius 2 is 1.78 bits per heavy atom. The third-order valence-corrected chi connectivity index (χ3v) is 3.81. The predicted molar refractivity (Wildman–Crippen MR) is 86.1 cm³/mol. The van der Waals surface area contributed by atoms with E-state index in [-0.39, 0.29) is 12.5 Å². The van der Waals surface area contributed by atoms with Crippen molar-refractivity contribution in [1.82, 2.24) is 0 Å². The molecule has 1 aliphatic heterocycles. The summed E-state index contributed by atoms with van der Waals surface area (Å²) in [5.74, 6) is 2.45. The predicted octanol–water partition coefficient (Wildman–Crippen LogP) is 1.73. The van der Waals surface area contributed by atoms with Crippen LogP contribution in [0.15, 0.2) is 36.4 Å². The summed E-state index contributed by atoms with van der Waals surface area (Å²) < 4.78 is 16.1. The number of nitrogens with one attached hydrogen (secondary N) is 1. The van der Waals surface area contributed by atoms with Crippen molar-refractivity contribution in [3.05, 3.63) is 47.5 Å². The van der Waals surface area contributed by atoms with Gasteiger partial charge >= 0.3 is 0 Å². The Balaban J connectivity index is 1.64. The summed E-state index contributed by atoms with van der Waals surface area (Å²) in [5, 5.41) is 10.1. The number of hydrogen-bond donors (Lipinski definition) is 2. The molecule has 0 saturated heterocycles. The van der Waals surface area contributed by atoms with Gasteiger partial charge in [0.2, 0.25) is 6.79 Å². The molecule has 2 N–H and O–H groups in total. The summed E-state index contributed by atoms with van der Waals surface area (Å²) >= 11 is 0. The maximum absolute atomic E-state index is 10.1. The largest absolute Gasteiger partial charge is 0.507 e. The van der Waals surface area contributed by atoms with Crippen molar-refractivity contribution in [2.45, 2.75) is 20.0 Å². The molecule has 1 heterocycles. The van der Waals surface area contributed by atoms with E-state index in [1.165, 1.54) is 10.5 Å². The lowest BCUT2D eigenvalue weighted by Crippen LogP contribution is -3.06. The lowest BCUT2D eigenvalue weighted by atomic mass is 10.1. The van der Waals surface area contributed by atoms with Gasteiger partial charge in [0.05, 0.1) is 19.2 Å². The SMILES string of the molecule is CCOc1ccc(C[NH+](C)Cc2cc3c(cc2O)OCO3)cc1. The van der Waals surface area contributed by atoms with E-state index in [1.807, 2.05) is 25.1 Å². The highest BCUT2D eigenvalue weighted by Gasteiger charge is 2.19. The van der Waals surface area contributed by atoms with Crippen LogP contribution in [0.25, 0.3) is 0 Å². The van der Waals surface area contributed by atoms with Crippen molar-refractivity contribution < 1.29 is 24.2 Å². The summed E-state index contributed by atoms with van der Waals surface area (Å²) in [4.78, 5) is 1.27. The highest BCUT2D eigenvalue weighted by atomic mass is 16.7. The van der Waals surface area contributed by atoms with Crippen molar-refractivity contribution in [1.29, 1.82) is 0 Å². The minimum Gasteiger partial charge on any atom is -0.507 e. The van der Waals surface area contributed by atoms with Gasteiger partial charge in [0, 0.05) is 11.6 Å². The zero-order chi connectivity index (χ0) is 16.2. The van der Waals surface area contributed by atoms with E-state index >= 15 is 0 Å². The van der Waals surface area contributed by atoms with Crippen LogP contribution >= 0.6 is 0 Å². The Hall–Kier alpha value is -2.40. The lowest BCUT2D eigenvalue weighted by molar-refractivity contribution is -0.907. The van der Waals surface area contributed by atoms with Gasteiger partial charge in [0.25, 0.3) is 0 Å². The Bertz CT molecular complexity index is 669. The van der Waals surface area contributed by atoms with E-state index in [4.69, 9.17) is 14.2 Å². The van der Waals surface area contributed by atoms with E-state index in [0.29, 0.717) is 24.7 Å². The first kappa shape index (κ1) is 15.5. The van der Waals surface area contributed by atoms with E-state index in [1.54, 1.807) is 6.07 Å². The summed E-state index contributed by atoms with van der Waals surface area (Å²) in [6.07, 6.45) is 0. The van der Waals surface area contributed by atoms with Crippen molar-refractivity contribution in [3.63, 3.8) is 0 Å². The smallest absolute Gasteiger partial charge is 0.231 e. The van der Waals surface area contributed by atoms with Crippen LogP contribution in [-0.4, -0.2) is 25.6 Å². The quantitative estimate of drug-likeness (QED) is 0.852. The molecule has 1 atom stereocenters. The molecule has 5 nitrogen and oxygen atoms in total. The van der Waals surface area contributed by atoms with Crippen molar-refractivity contribution >= 4 is 0 Å². The molecule has 0 spiro atoms. The second-order valence-electron chi connectivity index (χ2n) is 5.72. The van der Waals surface area contributed by atoms with Crippen LogP contribution in [0, 0.1) is 0 Å². The standard InChI is InChI=1S/C18H21NO4/c1-3-21-15-6-4-13(5-7-15)10-19(2)11-14-8-17-18(9-16(14)20)23-12-22-17/h4-9,20H,3,10-12H2,1-2H3/p+1. The van der Waals surface area contributed by atoms with Gasteiger partial charge in [-0.3, -0.25) is 0 Å². The number of quaternary nitrogens is 1. The molecule has 0 fully saturated rings. The Morgan fingerprint density at radius 3 is 2.48 bits per heavy atom. The third-order valence-electron chi connectivity index (χ3n) is 3.81. The molecule has 1 aliphatic rings. The molecule has 0 amide bonds. The minimum atomic E-state index is 0.215. The molecule has 0 bridgehead atoms. The lowest BCUT2D eigenvalue weighted by Gasteiger charge is -2.15. The number of fused-ring (bicyclic) bond motifs is 1. The van der Waals surface area contributed by atoms with Crippen LogP contribution in [0.1, 0.15) is 18.1 Å². The summed E-state index contributed by atoms with van der Waals surface area (Å²) in [6, 6.07) is 11.6. The molecule has 2 aromatic carbocycles. The van der Waals surface area contributed by atoms with E-state index in [0.717, 1.165) is 17.9 Å². The summed E-state index contributed by atoms with van der Waals surface area (Å²) in [5.41, 5.74) is 2.09. The van der Waals surface area contributed by atoms with Crippen molar-refractivity contribution in [2.75, 3.05) is 20.4 Å². The molecule has 0 saturated carbocycles. The normalized spacial score (nSPS) is 13.8. The number of phenols is 1. The monoisotopic (exact) mass is 316 g/mol. The molecule has 0 radical (unpaired) electrons. The van der Waals surface area contributed by atoms with Crippen LogP contribution < -0.4 is 19.1 Å². The third kappa shape index (κ3) is 3.68. The first-order valence-electron chi connectivity index (χ1n) is 7.80. The van der Waals surface area contributed by atoms with Gasteiger partial charge in [-0.05, 0) is 37.3 Å². The number of rotatable bonds is 6. The fourth-order valence-corrected chi connectivity index (χ4v) is 2.72. The molecule has 3 rings (SSSR count). The van der Waals surface area contributed by atoms with Crippen LogP contribution in [0.3, 0.4) is 0 Å². The fraction of sp³-hybridized carbons (Fsp3) is 0.333. The zero-order valence-corrected chi connectivity index (χ0v) is 13.5. The Kier molecular flexibility index (Phi) is 4.57. The molecule has 23 heavy (non-hydrogen) atoms. The van der Waals surface area contributed by atoms with E-state index in [2.05, 4.69) is 19.2 Å². The first-order valence-corrected chi connectivity index (χ1v) is 7.80. The molecule has 0 aromatic heterocycles. The first-order chi connectivity index (χ1) is 11.2. The van der Waals surface area contributed by atoms with Gasteiger partial charge in [0.1, 0.15) is 24.6 Å². The molecule has 1 unspecified atom stereocenters. The molecular weight excluding hydrogens is 294 g/mol. The number of phenolic OH excluding ortho intramolecular Hbond substituents is 1. The zero-order valence-electron chi connectivity index (χ0n) is 13.5. The van der Waals surface area contributed by atoms with Crippen LogP contribution in [0.2, 0.25) is 0 Å². The van der Waals surface area contributed by atoms with Gasteiger partial charge in [-0.1, -0.05) is 0 Å². The topological polar surface area (TPSA) is 52.4 Å². The highest BCUT2D eigenvalue weighted by molar-refractivity contribution is 5.50. The number of aromatic hydroxyl groups is 1. The molecule has 0 aliphatic carbocycles. The van der Waals surface area contributed by atoms with E-state index < -0.39 is 0 Å². The fourth-order valence-electron chi connectivity index (χ4n) is 2.72. The average molecular weight is 316 g/mol. The summed E-state index contributed by atoms with van der Waals surface area (Å²) in [6.45, 7) is 4.43. The maximum atomic E-state index is 10.1. The van der Waals surface area contributed by atoms with Crippen molar-refractivity contribution in [2.24, 2.45) is 0 Å². The van der Waals surface area contributed by atoms with Gasteiger partial charge in [-0.25, -0.2) is 0 Å². The highest BCUT2D eigenvalue weighted by Crippen LogP contribution is 2.37. The number of hydrogen-bond acceptors (Lipinski definition) is 4. The maximum Gasteiger partial charge on any atom is 0.231 e. The van der Waals surface area contributed by atoms with Crippen molar-refractivity contribution in [3.8, 4) is 23.0 Å². The number of benzene rings is 2. The van der Waals surface area contributed by atoms with Crippen LogP contribution in [0.5, 0.6) is 23.0 Å². The molecule has 122 valence electrons. The second kappa shape index (κ2) is 6.79. The number of ether oxygens (including phenoxy) is 3.